The van der Waals surface area contributed by atoms with Crippen molar-refractivity contribution in [3.8, 4) is 0 Å². The molecule has 0 aliphatic heterocycles. The average molecular weight is 372 g/mol. The van der Waals surface area contributed by atoms with Crippen LogP contribution in [0.2, 0.25) is 0 Å². The molecule has 0 aliphatic rings. The van der Waals surface area contributed by atoms with Gasteiger partial charge >= 0.3 is 6.18 Å². The number of benzene rings is 2. The van der Waals surface area contributed by atoms with Gasteiger partial charge in [-0.2, -0.15) is 13.2 Å². The number of nitrogens with one attached hydrogen (secondary N) is 2. The molecule has 0 saturated carbocycles. The van der Waals surface area contributed by atoms with Crippen LogP contribution in [0, 0.1) is 0 Å². The number of alkyl halides is 3. The molecule has 0 fully saturated rings. The molecule has 0 radical (unpaired) electrons. The van der Waals surface area contributed by atoms with Crippen molar-refractivity contribution in [2.45, 2.75) is 12.6 Å². The highest BCUT2D eigenvalue weighted by atomic mass is 19.4. The van der Waals surface area contributed by atoms with Gasteiger partial charge in [-0.05, 0) is 42.0 Å². The minimum atomic E-state index is -4.38. The third-order valence-corrected chi connectivity index (χ3v) is 3.62. The molecule has 3 rings (SSSR count). The van der Waals surface area contributed by atoms with Crippen molar-refractivity contribution < 1.29 is 18.0 Å². The zero-order valence-electron chi connectivity index (χ0n) is 14.0. The molecule has 1 aromatic heterocycles. The van der Waals surface area contributed by atoms with E-state index < -0.39 is 11.7 Å². The summed E-state index contributed by atoms with van der Waals surface area (Å²) < 4.78 is 37.7. The van der Waals surface area contributed by atoms with Gasteiger partial charge in [0.15, 0.2) is 11.6 Å². The molecule has 1 amide bonds. The number of anilines is 3. The van der Waals surface area contributed by atoms with Crippen LogP contribution in [0.4, 0.5) is 30.5 Å². The van der Waals surface area contributed by atoms with Gasteiger partial charge in [0.1, 0.15) is 0 Å². The van der Waals surface area contributed by atoms with E-state index in [-0.39, 0.29) is 18.1 Å². The molecule has 8 heteroatoms. The normalized spacial score (nSPS) is 11.1. The Morgan fingerprint density at radius 2 is 1.48 bits per heavy atom. The second-order valence-electron chi connectivity index (χ2n) is 5.71. The molecule has 1 heterocycles. The number of hydrogen-bond donors (Lipinski definition) is 2. The second-order valence-corrected chi connectivity index (χ2v) is 5.71. The van der Waals surface area contributed by atoms with E-state index in [1.165, 1.54) is 12.1 Å². The topological polar surface area (TPSA) is 66.9 Å². The number of hydrogen-bond acceptors (Lipinski definition) is 4. The summed E-state index contributed by atoms with van der Waals surface area (Å²) in [5.74, 6) is 0.406. The first-order chi connectivity index (χ1) is 12.9. The van der Waals surface area contributed by atoms with Crippen LogP contribution in [0.15, 0.2) is 66.7 Å². The number of amides is 1. The first kappa shape index (κ1) is 18.4. The quantitative estimate of drug-likeness (QED) is 0.696. The SMILES string of the molecule is O=C(Cc1ccccc1)Nc1ccc(Nc2ccc(C(F)(F)F)cc2)nn1. The summed E-state index contributed by atoms with van der Waals surface area (Å²) in [4.78, 5) is 12.0. The molecule has 0 aliphatic carbocycles. The van der Waals surface area contributed by atoms with Gasteiger partial charge in [0.2, 0.25) is 5.91 Å². The fourth-order valence-corrected chi connectivity index (χ4v) is 2.32. The van der Waals surface area contributed by atoms with E-state index in [1.54, 1.807) is 12.1 Å². The molecule has 27 heavy (non-hydrogen) atoms. The van der Waals surface area contributed by atoms with E-state index in [4.69, 9.17) is 0 Å². The van der Waals surface area contributed by atoms with Crippen LogP contribution in [0.1, 0.15) is 11.1 Å². The van der Waals surface area contributed by atoms with Crippen LogP contribution in [0.5, 0.6) is 0 Å². The molecule has 0 saturated heterocycles. The maximum atomic E-state index is 12.6. The lowest BCUT2D eigenvalue weighted by Gasteiger charge is -2.09. The molecule has 0 unspecified atom stereocenters. The van der Waals surface area contributed by atoms with Gasteiger partial charge < -0.3 is 10.6 Å². The van der Waals surface area contributed by atoms with E-state index in [9.17, 15) is 18.0 Å². The fraction of sp³-hybridized carbons (Fsp3) is 0.105. The summed E-state index contributed by atoms with van der Waals surface area (Å²) in [6.07, 6.45) is -4.16. The largest absolute Gasteiger partial charge is 0.416 e. The van der Waals surface area contributed by atoms with Crippen molar-refractivity contribution in [3.63, 3.8) is 0 Å². The smallest absolute Gasteiger partial charge is 0.339 e. The third kappa shape index (κ3) is 5.27. The van der Waals surface area contributed by atoms with E-state index in [1.807, 2.05) is 30.3 Å². The Morgan fingerprint density at radius 3 is 2.07 bits per heavy atom. The Morgan fingerprint density at radius 1 is 0.852 bits per heavy atom. The zero-order chi connectivity index (χ0) is 19.3. The lowest BCUT2D eigenvalue weighted by Crippen LogP contribution is -2.15. The summed E-state index contributed by atoms with van der Waals surface area (Å²) in [5, 5.41) is 13.3. The summed E-state index contributed by atoms with van der Waals surface area (Å²) in [6, 6.07) is 17.0. The van der Waals surface area contributed by atoms with Gasteiger partial charge in [-0.3, -0.25) is 4.79 Å². The number of aromatic nitrogens is 2. The highest BCUT2D eigenvalue weighted by Gasteiger charge is 2.29. The molecule has 5 nitrogen and oxygen atoms in total. The molecule has 0 bridgehead atoms. The van der Waals surface area contributed by atoms with Crippen LogP contribution >= 0.6 is 0 Å². The molecule has 138 valence electrons. The second kappa shape index (κ2) is 7.86. The summed E-state index contributed by atoms with van der Waals surface area (Å²) in [5.41, 5.74) is 0.595. The van der Waals surface area contributed by atoms with E-state index in [0.29, 0.717) is 11.5 Å². The first-order valence-corrected chi connectivity index (χ1v) is 8.02. The molecule has 0 atom stereocenters. The predicted molar refractivity (Wildman–Crippen MR) is 95.5 cm³/mol. The Hall–Kier alpha value is -3.42. The average Bonchev–Trinajstić information content (AvgIpc) is 2.64. The van der Waals surface area contributed by atoms with Crippen molar-refractivity contribution in [2.24, 2.45) is 0 Å². The van der Waals surface area contributed by atoms with Gasteiger partial charge in [-0.15, -0.1) is 10.2 Å². The van der Waals surface area contributed by atoms with E-state index in [2.05, 4.69) is 20.8 Å². The zero-order valence-corrected chi connectivity index (χ0v) is 14.0. The van der Waals surface area contributed by atoms with Gasteiger partial charge in [0, 0.05) is 5.69 Å². The predicted octanol–water partition coefficient (Wildman–Crippen LogP) is 4.42. The van der Waals surface area contributed by atoms with Crippen molar-refractivity contribution in [3.05, 3.63) is 77.9 Å². The van der Waals surface area contributed by atoms with Crippen LogP contribution in [0.3, 0.4) is 0 Å². The Bertz CT molecular complexity index is 895. The Balaban J connectivity index is 1.58. The van der Waals surface area contributed by atoms with Crippen molar-refractivity contribution >= 4 is 23.2 Å². The van der Waals surface area contributed by atoms with Gasteiger partial charge in [0.25, 0.3) is 0 Å². The van der Waals surface area contributed by atoms with Crippen LogP contribution in [0.25, 0.3) is 0 Å². The van der Waals surface area contributed by atoms with E-state index >= 15 is 0 Å². The third-order valence-electron chi connectivity index (χ3n) is 3.62. The molecular weight excluding hydrogens is 357 g/mol. The van der Waals surface area contributed by atoms with Crippen LogP contribution in [-0.2, 0) is 17.4 Å². The van der Waals surface area contributed by atoms with E-state index in [0.717, 1.165) is 17.7 Å². The fourth-order valence-electron chi connectivity index (χ4n) is 2.32. The monoisotopic (exact) mass is 372 g/mol. The highest BCUT2D eigenvalue weighted by Crippen LogP contribution is 2.30. The van der Waals surface area contributed by atoms with Crippen LogP contribution < -0.4 is 10.6 Å². The number of rotatable bonds is 5. The minimum Gasteiger partial charge on any atom is -0.339 e. The molecule has 2 aromatic carbocycles. The first-order valence-electron chi connectivity index (χ1n) is 8.02. The molecule has 0 spiro atoms. The number of carbonyl (C=O) groups excluding carboxylic acids is 1. The van der Waals surface area contributed by atoms with Gasteiger partial charge in [-0.25, -0.2) is 0 Å². The Labute approximate surface area is 153 Å². The maximum Gasteiger partial charge on any atom is 0.416 e. The number of halogens is 3. The lowest BCUT2D eigenvalue weighted by molar-refractivity contribution is -0.137. The van der Waals surface area contributed by atoms with Crippen molar-refractivity contribution in [2.75, 3.05) is 10.6 Å². The summed E-state index contributed by atoms with van der Waals surface area (Å²) in [7, 11) is 0. The van der Waals surface area contributed by atoms with Gasteiger partial charge in [0.05, 0.1) is 12.0 Å². The Kier molecular flexibility index (Phi) is 5.35. The summed E-state index contributed by atoms with van der Waals surface area (Å²) >= 11 is 0. The number of nitrogens with zero attached hydrogens (tertiary/aromatic N) is 2. The van der Waals surface area contributed by atoms with Crippen LogP contribution in [-0.4, -0.2) is 16.1 Å². The van der Waals surface area contributed by atoms with Crippen molar-refractivity contribution in [1.82, 2.24) is 10.2 Å². The minimum absolute atomic E-state index is 0.216. The molecule has 2 N–H and O–H groups in total. The molecular formula is C19H15F3N4O. The highest BCUT2D eigenvalue weighted by molar-refractivity contribution is 5.91. The molecule has 3 aromatic rings. The summed E-state index contributed by atoms with van der Waals surface area (Å²) in [6.45, 7) is 0. The van der Waals surface area contributed by atoms with Crippen molar-refractivity contribution in [1.29, 1.82) is 0 Å². The van der Waals surface area contributed by atoms with Gasteiger partial charge in [-0.1, -0.05) is 30.3 Å². The standard InChI is InChI=1S/C19H15F3N4O/c20-19(21,22)14-6-8-15(9-7-14)23-16-10-11-17(26-25-16)24-18(27)12-13-4-2-1-3-5-13/h1-11H,12H2,(H,23,25)(H,24,26,27). The maximum absolute atomic E-state index is 12.6. The number of carbonyl (C=O) groups is 1. The lowest BCUT2D eigenvalue weighted by atomic mass is 10.1.